The Morgan fingerprint density at radius 3 is 1.85 bits per heavy atom. The lowest BCUT2D eigenvalue weighted by Crippen LogP contribution is -2.14. The van der Waals surface area contributed by atoms with Crippen LogP contribution in [0.5, 0.6) is 23.0 Å². The molecule has 0 bridgehead atoms. The fourth-order valence-electron chi connectivity index (χ4n) is 3.27. The van der Waals surface area contributed by atoms with E-state index in [1.54, 1.807) is 24.3 Å². The second-order valence-corrected chi connectivity index (χ2v) is 7.38. The Kier molecular flexibility index (Phi) is 3.64. The normalized spacial score (nSPS) is 13.6. The maximum Gasteiger partial charge on any atom is 0.294 e. The number of hydrogen-bond acceptors (Lipinski definition) is 5. The summed E-state index contributed by atoms with van der Waals surface area (Å²) in [6, 6.07) is 15.3. The summed E-state index contributed by atoms with van der Waals surface area (Å²) in [4.78, 5) is -0.204. The monoisotopic (exact) mass is 370 g/mol. The molecule has 1 aliphatic heterocycles. The van der Waals surface area contributed by atoms with Crippen molar-refractivity contribution in [1.82, 2.24) is 0 Å². The minimum absolute atomic E-state index is 0.00540. The predicted molar refractivity (Wildman–Crippen MR) is 93.5 cm³/mol. The molecule has 3 N–H and O–H groups in total. The van der Waals surface area contributed by atoms with Crippen LogP contribution in [0.4, 0.5) is 0 Å². The molecular formula is C19H14O6S. The molecule has 0 unspecified atom stereocenters. The zero-order chi connectivity index (χ0) is 18.5. The van der Waals surface area contributed by atoms with E-state index in [4.69, 9.17) is 4.74 Å². The Hall–Kier alpha value is -3.03. The quantitative estimate of drug-likeness (QED) is 0.466. The first-order valence-corrected chi connectivity index (χ1v) is 9.19. The van der Waals surface area contributed by atoms with Crippen molar-refractivity contribution >= 4 is 10.1 Å². The van der Waals surface area contributed by atoms with E-state index in [9.17, 15) is 23.2 Å². The molecule has 0 aromatic heterocycles. The molecule has 1 heterocycles. The molecule has 3 aromatic carbocycles. The van der Waals surface area contributed by atoms with Crippen molar-refractivity contribution in [2.24, 2.45) is 0 Å². The van der Waals surface area contributed by atoms with Crippen LogP contribution in [-0.2, 0) is 10.1 Å². The van der Waals surface area contributed by atoms with E-state index in [2.05, 4.69) is 0 Å². The van der Waals surface area contributed by atoms with Gasteiger partial charge in [0.1, 0.15) is 23.0 Å². The van der Waals surface area contributed by atoms with Gasteiger partial charge in [0.05, 0.1) is 4.90 Å². The minimum atomic E-state index is -4.44. The molecule has 0 radical (unpaired) electrons. The van der Waals surface area contributed by atoms with Gasteiger partial charge in [-0.05, 0) is 23.8 Å². The highest BCUT2D eigenvalue weighted by atomic mass is 32.2. The fraction of sp³-hybridized carbons (Fsp3) is 0.0526. The van der Waals surface area contributed by atoms with Crippen LogP contribution in [0.1, 0.15) is 22.6 Å². The second-order valence-electron chi connectivity index (χ2n) is 5.99. The van der Waals surface area contributed by atoms with Gasteiger partial charge < -0.3 is 14.9 Å². The van der Waals surface area contributed by atoms with Crippen molar-refractivity contribution in [2.45, 2.75) is 10.8 Å². The molecule has 0 spiro atoms. The summed E-state index contributed by atoms with van der Waals surface area (Å²) in [5, 5.41) is 19.5. The van der Waals surface area contributed by atoms with Gasteiger partial charge in [-0.1, -0.05) is 30.3 Å². The largest absolute Gasteiger partial charge is 0.508 e. The zero-order valence-electron chi connectivity index (χ0n) is 13.3. The highest BCUT2D eigenvalue weighted by Crippen LogP contribution is 2.50. The maximum atomic E-state index is 11.9. The van der Waals surface area contributed by atoms with E-state index in [0.29, 0.717) is 28.2 Å². The van der Waals surface area contributed by atoms with Crippen LogP contribution in [0.2, 0.25) is 0 Å². The summed E-state index contributed by atoms with van der Waals surface area (Å²) in [6.07, 6.45) is 0. The molecule has 0 fully saturated rings. The van der Waals surface area contributed by atoms with Crippen molar-refractivity contribution in [3.05, 3.63) is 77.4 Å². The first kappa shape index (κ1) is 16.4. The number of hydrogen-bond donors (Lipinski definition) is 3. The van der Waals surface area contributed by atoms with E-state index in [-0.39, 0.29) is 16.4 Å². The fourth-order valence-corrected chi connectivity index (χ4v) is 4.01. The molecule has 1 aliphatic rings. The van der Waals surface area contributed by atoms with Crippen LogP contribution >= 0.6 is 0 Å². The van der Waals surface area contributed by atoms with Gasteiger partial charge in [-0.2, -0.15) is 8.42 Å². The van der Waals surface area contributed by atoms with Gasteiger partial charge in [0, 0.05) is 29.2 Å². The lowest BCUT2D eigenvalue weighted by Gasteiger charge is -2.29. The molecule has 132 valence electrons. The Balaban J connectivity index is 2.04. The van der Waals surface area contributed by atoms with Crippen molar-refractivity contribution < 1.29 is 27.9 Å². The van der Waals surface area contributed by atoms with Crippen molar-refractivity contribution in [3.63, 3.8) is 0 Å². The van der Waals surface area contributed by atoms with E-state index in [0.717, 1.165) is 0 Å². The van der Waals surface area contributed by atoms with Gasteiger partial charge in [-0.25, -0.2) is 0 Å². The summed E-state index contributed by atoms with van der Waals surface area (Å²) in [6.45, 7) is 0. The summed E-state index contributed by atoms with van der Waals surface area (Å²) in [7, 11) is -4.44. The molecule has 3 aromatic rings. The van der Waals surface area contributed by atoms with E-state index >= 15 is 0 Å². The van der Waals surface area contributed by atoms with E-state index in [1.807, 2.05) is 0 Å². The summed E-state index contributed by atoms with van der Waals surface area (Å²) in [5.41, 5.74) is 1.64. The van der Waals surface area contributed by atoms with Crippen LogP contribution in [0.15, 0.2) is 65.6 Å². The number of phenolic OH excluding ortho intramolecular Hbond substituents is 2. The van der Waals surface area contributed by atoms with Crippen molar-refractivity contribution in [3.8, 4) is 23.0 Å². The summed E-state index contributed by atoms with van der Waals surface area (Å²) >= 11 is 0. The van der Waals surface area contributed by atoms with Crippen LogP contribution in [0.3, 0.4) is 0 Å². The van der Waals surface area contributed by atoms with Crippen LogP contribution in [0.25, 0.3) is 0 Å². The van der Waals surface area contributed by atoms with Gasteiger partial charge in [0.15, 0.2) is 0 Å². The molecule has 4 rings (SSSR count). The summed E-state index contributed by atoms with van der Waals surface area (Å²) in [5.74, 6) is 0.118. The molecule has 6 nitrogen and oxygen atoms in total. The van der Waals surface area contributed by atoms with E-state index < -0.39 is 16.0 Å². The Morgan fingerprint density at radius 1 is 0.769 bits per heavy atom. The second kappa shape index (κ2) is 5.76. The molecule has 0 amide bonds. The number of fused-ring (bicyclic) bond motifs is 2. The number of phenols is 2. The van der Waals surface area contributed by atoms with Gasteiger partial charge in [-0.15, -0.1) is 0 Å². The Morgan fingerprint density at radius 2 is 1.31 bits per heavy atom. The maximum absolute atomic E-state index is 11.9. The van der Waals surface area contributed by atoms with Crippen molar-refractivity contribution in [2.75, 3.05) is 0 Å². The standard InChI is InChI=1S/C19H14O6S/c20-11-5-7-13-16(9-11)25-17-10-12(21)6-8-14(17)19(13)15-3-1-2-4-18(15)26(22,23)24/h1-10,19-21H,(H,22,23,24). The molecule has 0 saturated heterocycles. The molecule has 7 heteroatoms. The van der Waals surface area contributed by atoms with Crippen molar-refractivity contribution in [1.29, 1.82) is 0 Å². The predicted octanol–water partition coefficient (Wildman–Crippen LogP) is 3.63. The third-order valence-electron chi connectivity index (χ3n) is 4.34. The van der Waals surface area contributed by atoms with Gasteiger partial charge >= 0.3 is 0 Å². The third-order valence-corrected chi connectivity index (χ3v) is 5.27. The average Bonchev–Trinajstić information content (AvgIpc) is 2.58. The third kappa shape index (κ3) is 2.67. The first-order valence-electron chi connectivity index (χ1n) is 7.74. The first-order chi connectivity index (χ1) is 12.3. The zero-order valence-corrected chi connectivity index (χ0v) is 14.1. The Labute approximate surface area is 149 Å². The van der Waals surface area contributed by atoms with E-state index in [1.165, 1.54) is 36.4 Å². The number of aromatic hydroxyl groups is 2. The topological polar surface area (TPSA) is 104 Å². The molecule has 26 heavy (non-hydrogen) atoms. The van der Waals surface area contributed by atoms with Gasteiger partial charge in [0.2, 0.25) is 0 Å². The smallest absolute Gasteiger partial charge is 0.294 e. The van der Waals surface area contributed by atoms with Gasteiger partial charge in [-0.3, -0.25) is 4.55 Å². The number of benzene rings is 3. The highest BCUT2D eigenvalue weighted by Gasteiger charge is 2.32. The lowest BCUT2D eigenvalue weighted by atomic mass is 9.82. The number of rotatable bonds is 2. The molecule has 0 saturated carbocycles. The molecule has 0 atom stereocenters. The van der Waals surface area contributed by atoms with Crippen LogP contribution < -0.4 is 4.74 Å². The number of ether oxygens (including phenoxy) is 1. The average molecular weight is 370 g/mol. The highest BCUT2D eigenvalue weighted by molar-refractivity contribution is 7.85. The van der Waals surface area contributed by atoms with Crippen LogP contribution in [0, 0.1) is 0 Å². The summed E-state index contributed by atoms with van der Waals surface area (Å²) < 4.78 is 39.2. The lowest BCUT2D eigenvalue weighted by molar-refractivity contribution is 0.427. The molecular weight excluding hydrogens is 356 g/mol. The van der Waals surface area contributed by atoms with Crippen LogP contribution in [-0.4, -0.2) is 23.2 Å². The van der Waals surface area contributed by atoms with Gasteiger partial charge in [0.25, 0.3) is 10.1 Å². The SMILES string of the molecule is O=S(=O)(O)c1ccccc1C1c2ccc(O)cc2Oc2cc(O)ccc21. The Bertz CT molecular complexity index is 1070. The molecule has 0 aliphatic carbocycles. The minimum Gasteiger partial charge on any atom is -0.508 e.